The van der Waals surface area contributed by atoms with Crippen molar-refractivity contribution in [1.82, 2.24) is 0 Å². The van der Waals surface area contributed by atoms with E-state index >= 15 is 0 Å². The molecule has 0 spiro atoms. The van der Waals surface area contributed by atoms with E-state index in [0.29, 0.717) is 15.6 Å². The standard InChI is InChI=1S/C8H8BBrO2/c1-4-5(8(9)12)2-3-6(10)7(4)11/h2-3,11H,9H2,1H3. The highest BCUT2D eigenvalue weighted by molar-refractivity contribution is 9.10. The Morgan fingerprint density at radius 3 is 2.67 bits per heavy atom. The van der Waals surface area contributed by atoms with Crippen LogP contribution < -0.4 is 0 Å². The molecule has 0 saturated heterocycles. The number of benzene rings is 1. The number of rotatable bonds is 1. The number of carbonyl (C=O) groups excluding carboxylic acids is 1. The van der Waals surface area contributed by atoms with Crippen molar-refractivity contribution >= 4 is 29.5 Å². The van der Waals surface area contributed by atoms with Crippen LogP contribution >= 0.6 is 15.9 Å². The molecule has 0 aromatic heterocycles. The first-order valence-electron chi connectivity index (χ1n) is 3.53. The van der Waals surface area contributed by atoms with Crippen LogP contribution in [0.2, 0.25) is 0 Å². The van der Waals surface area contributed by atoms with E-state index < -0.39 is 0 Å². The van der Waals surface area contributed by atoms with Crippen LogP contribution in [-0.4, -0.2) is 18.6 Å². The van der Waals surface area contributed by atoms with Gasteiger partial charge >= 0.3 is 0 Å². The Morgan fingerprint density at radius 1 is 1.58 bits per heavy atom. The Balaban J connectivity index is 3.36. The predicted octanol–water partition coefficient (Wildman–Crippen LogP) is 1.24. The van der Waals surface area contributed by atoms with Crippen LogP contribution in [0, 0.1) is 6.92 Å². The SMILES string of the molecule is BC(=O)c1ccc(Br)c(O)c1C. The first kappa shape index (κ1) is 9.32. The van der Waals surface area contributed by atoms with Gasteiger partial charge in [0.15, 0.2) is 7.85 Å². The molecule has 62 valence electrons. The molecule has 0 fully saturated rings. The average Bonchev–Trinajstić information content (AvgIpc) is 2.00. The number of phenolic OH excluding ortho intramolecular Hbond substituents is 1. The maximum Gasteiger partial charge on any atom is 0.193 e. The Bertz CT molecular complexity index is 336. The predicted molar refractivity (Wildman–Crippen MR) is 53.4 cm³/mol. The first-order chi connectivity index (χ1) is 5.54. The van der Waals surface area contributed by atoms with Gasteiger partial charge in [-0.15, -0.1) is 0 Å². The molecule has 1 aromatic rings. The molecule has 0 heterocycles. The third-order valence-electron chi connectivity index (χ3n) is 1.76. The Morgan fingerprint density at radius 2 is 2.17 bits per heavy atom. The van der Waals surface area contributed by atoms with Gasteiger partial charge in [0.05, 0.1) is 4.47 Å². The number of aromatic hydroxyl groups is 1. The molecule has 1 N–H and O–H groups in total. The summed E-state index contributed by atoms with van der Waals surface area (Å²) in [5.41, 5.74) is 1.16. The monoisotopic (exact) mass is 226 g/mol. The van der Waals surface area contributed by atoms with E-state index in [1.165, 1.54) is 7.85 Å². The van der Waals surface area contributed by atoms with Crippen LogP contribution in [0.5, 0.6) is 5.75 Å². The van der Waals surface area contributed by atoms with Gasteiger partial charge in [-0.3, -0.25) is 0 Å². The second kappa shape index (κ2) is 3.31. The van der Waals surface area contributed by atoms with Gasteiger partial charge in [0.2, 0.25) is 0 Å². The van der Waals surface area contributed by atoms with Gasteiger partial charge < -0.3 is 9.90 Å². The fourth-order valence-electron chi connectivity index (χ4n) is 1.05. The molecule has 0 radical (unpaired) electrons. The summed E-state index contributed by atoms with van der Waals surface area (Å²) in [6.45, 7) is 1.72. The molecule has 1 aromatic carbocycles. The Hall–Kier alpha value is -0.765. The van der Waals surface area contributed by atoms with Crippen molar-refractivity contribution in [3.8, 4) is 5.75 Å². The number of hydrogen-bond donors (Lipinski definition) is 1. The zero-order valence-electron chi connectivity index (χ0n) is 6.89. The van der Waals surface area contributed by atoms with Gasteiger partial charge in [-0.05, 0) is 28.9 Å². The van der Waals surface area contributed by atoms with Crippen molar-refractivity contribution in [1.29, 1.82) is 0 Å². The van der Waals surface area contributed by atoms with E-state index in [1.807, 2.05) is 0 Å². The third kappa shape index (κ3) is 1.53. The van der Waals surface area contributed by atoms with Gasteiger partial charge in [-0.2, -0.15) is 0 Å². The van der Waals surface area contributed by atoms with Crippen LogP contribution in [0.4, 0.5) is 0 Å². The Labute approximate surface area is 80.1 Å². The first-order valence-corrected chi connectivity index (χ1v) is 4.32. The average molecular weight is 227 g/mol. The van der Waals surface area contributed by atoms with Crippen molar-refractivity contribution in [3.05, 3.63) is 27.7 Å². The Kier molecular flexibility index (Phi) is 2.57. The van der Waals surface area contributed by atoms with Crippen molar-refractivity contribution in [2.24, 2.45) is 0 Å². The largest absolute Gasteiger partial charge is 0.506 e. The van der Waals surface area contributed by atoms with Crippen molar-refractivity contribution in [2.75, 3.05) is 0 Å². The molecule has 0 aliphatic carbocycles. The molecule has 12 heavy (non-hydrogen) atoms. The highest BCUT2D eigenvalue weighted by Gasteiger charge is 2.09. The summed E-state index contributed by atoms with van der Waals surface area (Å²) in [5.74, 6) is 0.141. The molecular formula is C8H8BBrO2. The zero-order valence-corrected chi connectivity index (χ0v) is 8.47. The highest BCUT2D eigenvalue weighted by Crippen LogP contribution is 2.29. The van der Waals surface area contributed by atoms with Gasteiger partial charge in [0.25, 0.3) is 0 Å². The second-order valence-corrected chi connectivity index (χ2v) is 3.48. The minimum Gasteiger partial charge on any atom is -0.506 e. The summed E-state index contributed by atoms with van der Waals surface area (Å²) in [7, 11) is 1.48. The van der Waals surface area contributed by atoms with Crippen molar-refractivity contribution in [3.63, 3.8) is 0 Å². The summed E-state index contributed by atoms with van der Waals surface area (Å²) in [5, 5.41) is 9.44. The minimum atomic E-state index is -0.0321. The maximum absolute atomic E-state index is 11.0. The lowest BCUT2D eigenvalue weighted by Gasteiger charge is -2.05. The third-order valence-corrected chi connectivity index (χ3v) is 2.40. The zero-order chi connectivity index (χ0) is 9.30. The van der Waals surface area contributed by atoms with Gasteiger partial charge in [-0.1, -0.05) is 6.07 Å². The fraction of sp³-hybridized carbons (Fsp3) is 0.125. The molecule has 0 aliphatic rings. The summed E-state index contributed by atoms with van der Waals surface area (Å²) in [6, 6.07) is 3.36. The number of carbonyl (C=O) groups is 1. The molecule has 0 aliphatic heterocycles. The molecule has 0 unspecified atom stereocenters. The maximum atomic E-state index is 11.0. The molecule has 2 nitrogen and oxygen atoms in total. The van der Waals surface area contributed by atoms with Crippen LogP contribution in [0.25, 0.3) is 0 Å². The quantitative estimate of drug-likeness (QED) is 0.732. The van der Waals surface area contributed by atoms with E-state index in [1.54, 1.807) is 19.1 Å². The van der Waals surface area contributed by atoms with E-state index in [2.05, 4.69) is 15.9 Å². The summed E-state index contributed by atoms with van der Waals surface area (Å²) < 4.78 is 0.616. The lowest BCUT2D eigenvalue weighted by molar-refractivity contribution is 0.107. The van der Waals surface area contributed by atoms with Crippen LogP contribution in [0.15, 0.2) is 16.6 Å². The summed E-state index contributed by atoms with van der Waals surface area (Å²) in [4.78, 5) is 11.0. The lowest BCUT2D eigenvalue weighted by atomic mass is 9.91. The summed E-state index contributed by atoms with van der Waals surface area (Å²) in [6.07, 6.45) is 0. The number of phenols is 1. The molecule has 1 rings (SSSR count). The van der Waals surface area contributed by atoms with Crippen LogP contribution in [0.3, 0.4) is 0 Å². The van der Waals surface area contributed by atoms with Gasteiger partial charge in [0, 0.05) is 11.1 Å². The van der Waals surface area contributed by atoms with Crippen LogP contribution in [0.1, 0.15) is 15.9 Å². The number of halogens is 1. The van der Waals surface area contributed by atoms with E-state index in [4.69, 9.17) is 0 Å². The normalized spacial score (nSPS) is 9.83. The van der Waals surface area contributed by atoms with Crippen LogP contribution in [-0.2, 0) is 0 Å². The fourth-order valence-corrected chi connectivity index (χ4v) is 1.48. The van der Waals surface area contributed by atoms with Crippen molar-refractivity contribution in [2.45, 2.75) is 6.92 Å². The molecule has 0 amide bonds. The molecule has 0 atom stereocenters. The minimum absolute atomic E-state index is 0.0321. The number of hydrogen-bond acceptors (Lipinski definition) is 2. The summed E-state index contributed by atoms with van der Waals surface area (Å²) >= 11 is 3.17. The molecule has 4 heteroatoms. The van der Waals surface area contributed by atoms with E-state index in [9.17, 15) is 9.90 Å². The van der Waals surface area contributed by atoms with Gasteiger partial charge in [0.1, 0.15) is 11.4 Å². The molecule has 0 saturated carbocycles. The smallest absolute Gasteiger partial charge is 0.193 e. The van der Waals surface area contributed by atoms with Gasteiger partial charge in [-0.25, -0.2) is 0 Å². The molecule has 0 bridgehead atoms. The topological polar surface area (TPSA) is 37.3 Å². The van der Waals surface area contributed by atoms with E-state index in [0.717, 1.165) is 0 Å². The lowest BCUT2D eigenvalue weighted by Crippen LogP contribution is -2.00. The molecular weight excluding hydrogens is 219 g/mol. The second-order valence-electron chi connectivity index (χ2n) is 2.62. The highest BCUT2D eigenvalue weighted by atomic mass is 79.9. The van der Waals surface area contributed by atoms with Crippen molar-refractivity contribution < 1.29 is 9.90 Å². The van der Waals surface area contributed by atoms with E-state index in [-0.39, 0.29) is 11.4 Å².